The minimum absolute atomic E-state index is 0.546. The molecule has 2 N–H and O–H groups in total. The van der Waals surface area contributed by atoms with Gasteiger partial charge in [0.05, 0.1) is 0 Å². The summed E-state index contributed by atoms with van der Waals surface area (Å²) in [6.45, 7) is 0. The van der Waals surface area contributed by atoms with Crippen LogP contribution < -0.4 is 5.73 Å². The van der Waals surface area contributed by atoms with Crippen LogP contribution in [0.5, 0.6) is 0 Å². The van der Waals surface area contributed by atoms with E-state index in [0.717, 1.165) is 0 Å². The maximum absolute atomic E-state index is 9.65. The van der Waals surface area contributed by atoms with Crippen molar-refractivity contribution in [3.8, 4) is 0 Å². The van der Waals surface area contributed by atoms with E-state index < -0.39 is 19.7 Å². The van der Waals surface area contributed by atoms with E-state index in [-0.39, 0.29) is 0 Å². The zero-order valence-corrected chi connectivity index (χ0v) is 4.35. The highest BCUT2D eigenvalue weighted by Crippen LogP contribution is 1.97. The van der Waals surface area contributed by atoms with Crippen molar-refractivity contribution in [1.29, 1.82) is 0 Å². The van der Waals surface area contributed by atoms with Crippen molar-refractivity contribution >= 4 is 13.6 Å². The Kier molecular flexibility index (Phi) is 2.30. The molecule has 0 unspecified atom stereocenters. The lowest BCUT2D eigenvalue weighted by atomic mass is 10.8. The third kappa shape index (κ3) is 5.37. The second-order valence-electron chi connectivity index (χ2n) is 0.957. The molecule has 0 aromatic rings. The molecule has 0 heterocycles. The molecule has 4 nitrogen and oxygen atoms in total. The average molecular weight is 121 g/mol. The van der Waals surface area contributed by atoms with Crippen LogP contribution in [-0.2, 0) is 13.9 Å². The SMILES string of the molecule is NC(=O)CP(=O)=O. The van der Waals surface area contributed by atoms with Crippen LogP contribution in [0.25, 0.3) is 0 Å². The van der Waals surface area contributed by atoms with Gasteiger partial charge in [-0.05, 0) is 0 Å². The van der Waals surface area contributed by atoms with Crippen molar-refractivity contribution in [2.45, 2.75) is 0 Å². The van der Waals surface area contributed by atoms with E-state index in [1.807, 2.05) is 0 Å². The van der Waals surface area contributed by atoms with Gasteiger partial charge in [-0.15, -0.1) is 0 Å². The number of nitrogens with two attached hydrogens (primary N) is 1. The molecule has 0 saturated heterocycles. The number of primary amides is 1. The molecule has 0 atom stereocenters. The van der Waals surface area contributed by atoms with Gasteiger partial charge in [0.2, 0.25) is 5.91 Å². The maximum Gasteiger partial charge on any atom is 0.325 e. The summed E-state index contributed by atoms with van der Waals surface area (Å²) in [7, 11) is -2.61. The summed E-state index contributed by atoms with van der Waals surface area (Å²) in [6.07, 6.45) is -0.546. The molecule has 7 heavy (non-hydrogen) atoms. The van der Waals surface area contributed by atoms with E-state index in [1.165, 1.54) is 0 Å². The predicted molar refractivity (Wildman–Crippen MR) is 22.4 cm³/mol. The molecule has 1 amide bonds. The number of hydrogen-bond acceptors (Lipinski definition) is 3. The highest BCUT2D eigenvalue weighted by atomic mass is 31.1. The number of carbonyl (C=O) groups is 1. The van der Waals surface area contributed by atoms with Gasteiger partial charge in [-0.3, -0.25) is 4.79 Å². The summed E-state index contributed by atoms with van der Waals surface area (Å²) < 4.78 is 19.1. The molecule has 5 heteroatoms. The molecule has 0 aromatic carbocycles. The summed E-state index contributed by atoms with van der Waals surface area (Å²) in [5.41, 5.74) is 4.47. The molecule has 0 aliphatic heterocycles. The Morgan fingerprint density at radius 3 is 2.00 bits per heavy atom. The highest BCUT2D eigenvalue weighted by Gasteiger charge is 1.95. The minimum Gasteiger partial charge on any atom is -0.369 e. The van der Waals surface area contributed by atoms with Gasteiger partial charge in [-0.25, -0.2) is 9.13 Å². The summed E-state index contributed by atoms with van der Waals surface area (Å²) in [5, 5.41) is 0. The van der Waals surface area contributed by atoms with Gasteiger partial charge in [0.25, 0.3) is 0 Å². The quantitative estimate of drug-likeness (QED) is 0.507. The first-order chi connectivity index (χ1) is 3.13. The van der Waals surface area contributed by atoms with E-state index in [9.17, 15) is 13.9 Å². The van der Waals surface area contributed by atoms with Crippen LogP contribution in [0.15, 0.2) is 0 Å². The first-order valence-corrected chi connectivity index (χ1v) is 2.89. The molecule has 0 spiro atoms. The molecule has 0 fully saturated rings. The standard InChI is InChI=1S/C2H4NO3P/c3-2(4)1-7(5)6/h1H2,(H2,3,4). The molecule has 0 aliphatic rings. The summed E-state index contributed by atoms with van der Waals surface area (Å²) in [5.74, 6) is -0.809. The van der Waals surface area contributed by atoms with E-state index >= 15 is 0 Å². The van der Waals surface area contributed by atoms with E-state index in [4.69, 9.17) is 0 Å². The third-order valence-electron chi connectivity index (χ3n) is 0.285. The number of hydrogen-bond donors (Lipinski definition) is 1. The van der Waals surface area contributed by atoms with Gasteiger partial charge in [0, 0.05) is 0 Å². The van der Waals surface area contributed by atoms with E-state index in [0.29, 0.717) is 0 Å². The predicted octanol–water partition coefficient (Wildman–Crippen LogP) is -0.355. The van der Waals surface area contributed by atoms with Crippen molar-refractivity contribution in [1.82, 2.24) is 0 Å². The lowest BCUT2D eigenvalue weighted by molar-refractivity contribution is -0.115. The van der Waals surface area contributed by atoms with Crippen LogP contribution >= 0.6 is 7.68 Å². The van der Waals surface area contributed by atoms with Crippen LogP contribution in [-0.4, -0.2) is 12.1 Å². The third-order valence-corrected chi connectivity index (χ3v) is 0.855. The van der Waals surface area contributed by atoms with Crippen molar-refractivity contribution in [3.63, 3.8) is 0 Å². The molecular formula is C2H4NO3P. The van der Waals surface area contributed by atoms with Crippen molar-refractivity contribution < 1.29 is 13.9 Å². The molecule has 0 rings (SSSR count). The Morgan fingerprint density at radius 1 is 1.57 bits per heavy atom. The fraction of sp³-hybridized carbons (Fsp3) is 0.500. The Bertz CT molecular complexity index is 130. The van der Waals surface area contributed by atoms with Gasteiger partial charge < -0.3 is 5.73 Å². The monoisotopic (exact) mass is 121 g/mol. The molecule has 0 saturated carbocycles. The minimum atomic E-state index is -2.61. The molecule has 0 aromatic heterocycles. The summed E-state index contributed by atoms with van der Waals surface area (Å²) >= 11 is 0. The van der Waals surface area contributed by atoms with Gasteiger partial charge in [0.1, 0.15) is 6.16 Å². The first kappa shape index (κ1) is 6.37. The smallest absolute Gasteiger partial charge is 0.325 e. The first-order valence-electron chi connectivity index (χ1n) is 1.53. The number of rotatable bonds is 2. The van der Waals surface area contributed by atoms with Crippen LogP contribution in [0.2, 0.25) is 0 Å². The maximum atomic E-state index is 9.65. The Balaban J connectivity index is 3.53. The van der Waals surface area contributed by atoms with Gasteiger partial charge in [-0.2, -0.15) is 0 Å². The molecule has 0 bridgehead atoms. The average Bonchev–Trinajstić information content (AvgIpc) is 1.27. The van der Waals surface area contributed by atoms with Gasteiger partial charge >= 0.3 is 7.68 Å². The zero-order chi connectivity index (χ0) is 5.86. The second-order valence-corrected chi connectivity index (χ2v) is 1.94. The van der Waals surface area contributed by atoms with E-state index in [1.54, 1.807) is 0 Å². The summed E-state index contributed by atoms with van der Waals surface area (Å²) in [6, 6.07) is 0. The topological polar surface area (TPSA) is 77.2 Å². The second kappa shape index (κ2) is 2.53. The molecule has 0 radical (unpaired) electrons. The van der Waals surface area contributed by atoms with Crippen LogP contribution in [0.3, 0.4) is 0 Å². The number of carbonyl (C=O) groups excluding carboxylic acids is 1. The van der Waals surface area contributed by atoms with Gasteiger partial charge in [0.15, 0.2) is 0 Å². The van der Waals surface area contributed by atoms with Crippen LogP contribution in [0.1, 0.15) is 0 Å². The fourth-order valence-corrected chi connectivity index (χ4v) is 0.382. The Labute approximate surface area is 40.5 Å². The molecule has 0 aliphatic carbocycles. The van der Waals surface area contributed by atoms with Crippen molar-refractivity contribution in [2.75, 3.05) is 6.16 Å². The lowest BCUT2D eigenvalue weighted by Gasteiger charge is -1.73. The Morgan fingerprint density at radius 2 is 2.00 bits per heavy atom. The highest BCUT2D eigenvalue weighted by molar-refractivity contribution is 7.32. The normalized spacial score (nSPS) is 8.00. The van der Waals surface area contributed by atoms with E-state index in [2.05, 4.69) is 5.73 Å². The summed E-state index contributed by atoms with van der Waals surface area (Å²) in [4.78, 5) is 9.65. The molecular weight excluding hydrogens is 117 g/mol. The van der Waals surface area contributed by atoms with Crippen LogP contribution in [0, 0.1) is 0 Å². The fourth-order valence-electron chi connectivity index (χ4n) is 0.127. The van der Waals surface area contributed by atoms with Crippen molar-refractivity contribution in [3.05, 3.63) is 0 Å². The van der Waals surface area contributed by atoms with Gasteiger partial charge in [-0.1, -0.05) is 0 Å². The lowest BCUT2D eigenvalue weighted by Crippen LogP contribution is -2.11. The molecule has 40 valence electrons. The largest absolute Gasteiger partial charge is 0.369 e. The van der Waals surface area contributed by atoms with Crippen LogP contribution in [0.4, 0.5) is 0 Å². The number of amides is 1. The van der Waals surface area contributed by atoms with Crippen molar-refractivity contribution in [2.24, 2.45) is 5.73 Å². The zero-order valence-electron chi connectivity index (χ0n) is 3.46. The Hall–Kier alpha value is -0.630.